The van der Waals surface area contributed by atoms with Gasteiger partial charge in [-0.25, -0.2) is 0 Å². The van der Waals surface area contributed by atoms with Crippen LogP contribution in [0.15, 0.2) is 18.2 Å². The largest absolute Gasteiger partial charge is 0.325 e. The van der Waals surface area contributed by atoms with Gasteiger partial charge < -0.3 is 10.6 Å². The lowest BCUT2D eigenvalue weighted by Gasteiger charge is -2.18. The fourth-order valence-electron chi connectivity index (χ4n) is 1.99. The van der Waals surface area contributed by atoms with E-state index >= 15 is 0 Å². The van der Waals surface area contributed by atoms with Crippen LogP contribution in [0.4, 0.5) is 5.69 Å². The van der Waals surface area contributed by atoms with Crippen LogP contribution in [0, 0.1) is 12.8 Å². The van der Waals surface area contributed by atoms with Gasteiger partial charge in [-0.15, -0.1) is 12.4 Å². The average molecular weight is 285 g/mol. The SMILES string of the molecule is CNCC(C)C(=O)Nc1c(C)cccc1C(C)C.Cl. The van der Waals surface area contributed by atoms with E-state index in [1.807, 2.05) is 33.0 Å². The Labute approximate surface area is 122 Å². The number of para-hydroxylation sites is 1. The van der Waals surface area contributed by atoms with Gasteiger partial charge in [0.1, 0.15) is 0 Å². The molecule has 108 valence electrons. The molecule has 0 aliphatic heterocycles. The third-order valence-corrected chi connectivity index (χ3v) is 3.13. The van der Waals surface area contributed by atoms with Crippen molar-refractivity contribution in [3.8, 4) is 0 Å². The molecule has 0 spiro atoms. The van der Waals surface area contributed by atoms with E-state index < -0.39 is 0 Å². The Kier molecular flexibility index (Phi) is 7.72. The van der Waals surface area contributed by atoms with Crippen molar-refractivity contribution in [2.24, 2.45) is 5.92 Å². The molecule has 0 saturated heterocycles. The van der Waals surface area contributed by atoms with Gasteiger partial charge in [-0.05, 0) is 31.0 Å². The van der Waals surface area contributed by atoms with Crippen molar-refractivity contribution < 1.29 is 4.79 Å². The van der Waals surface area contributed by atoms with Crippen LogP contribution in [0.2, 0.25) is 0 Å². The molecule has 1 unspecified atom stereocenters. The van der Waals surface area contributed by atoms with Crippen molar-refractivity contribution in [2.75, 3.05) is 18.9 Å². The zero-order valence-corrected chi connectivity index (χ0v) is 13.2. The van der Waals surface area contributed by atoms with Crippen LogP contribution in [-0.2, 0) is 4.79 Å². The quantitative estimate of drug-likeness (QED) is 0.871. The number of carbonyl (C=O) groups excluding carboxylic acids is 1. The number of halogens is 1. The number of rotatable bonds is 5. The van der Waals surface area contributed by atoms with Crippen molar-refractivity contribution in [3.63, 3.8) is 0 Å². The first-order valence-corrected chi connectivity index (χ1v) is 6.52. The summed E-state index contributed by atoms with van der Waals surface area (Å²) >= 11 is 0. The Bertz CT molecular complexity index is 419. The number of aryl methyl sites for hydroxylation is 1. The molecule has 1 aromatic rings. The summed E-state index contributed by atoms with van der Waals surface area (Å²) in [5.41, 5.74) is 3.28. The standard InChI is InChI=1S/C15H24N2O.ClH/c1-10(2)13-8-6-7-11(3)14(13)17-15(18)12(4)9-16-5;/h6-8,10,12,16H,9H2,1-5H3,(H,17,18);1H. The van der Waals surface area contributed by atoms with Gasteiger partial charge in [-0.3, -0.25) is 4.79 Å². The topological polar surface area (TPSA) is 41.1 Å². The van der Waals surface area contributed by atoms with E-state index in [1.165, 1.54) is 5.56 Å². The minimum atomic E-state index is -0.0328. The lowest BCUT2D eigenvalue weighted by Crippen LogP contribution is -2.29. The summed E-state index contributed by atoms with van der Waals surface area (Å²) in [7, 11) is 1.86. The zero-order valence-electron chi connectivity index (χ0n) is 12.4. The van der Waals surface area contributed by atoms with E-state index in [-0.39, 0.29) is 24.2 Å². The highest BCUT2D eigenvalue weighted by atomic mass is 35.5. The second-order valence-electron chi connectivity index (χ2n) is 5.14. The number of hydrogen-bond acceptors (Lipinski definition) is 2. The maximum atomic E-state index is 12.1. The Morgan fingerprint density at radius 3 is 2.42 bits per heavy atom. The zero-order chi connectivity index (χ0) is 13.7. The minimum Gasteiger partial charge on any atom is -0.325 e. The smallest absolute Gasteiger partial charge is 0.228 e. The minimum absolute atomic E-state index is 0. The van der Waals surface area contributed by atoms with E-state index in [9.17, 15) is 4.79 Å². The predicted octanol–water partition coefficient (Wildman–Crippen LogP) is 3.33. The summed E-state index contributed by atoms with van der Waals surface area (Å²) in [5, 5.41) is 6.09. The number of hydrogen-bond donors (Lipinski definition) is 2. The Balaban J connectivity index is 0.00000324. The Morgan fingerprint density at radius 2 is 1.89 bits per heavy atom. The van der Waals surface area contributed by atoms with Crippen molar-refractivity contribution in [3.05, 3.63) is 29.3 Å². The molecule has 3 nitrogen and oxygen atoms in total. The fraction of sp³-hybridized carbons (Fsp3) is 0.533. The molecule has 0 radical (unpaired) electrons. The molecule has 1 rings (SSSR count). The van der Waals surface area contributed by atoms with Gasteiger partial charge in [0, 0.05) is 18.2 Å². The summed E-state index contributed by atoms with van der Waals surface area (Å²) in [4.78, 5) is 12.1. The monoisotopic (exact) mass is 284 g/mol. The first kappa shape index (κ1) is 17.9. The fourth-order valence-corrected chi connectivity index (χ4v) is 1.99. The van der Waals surface area contributed by atoms with Gasteiger partial charge in [0.25, 0.3) is 0 Å². The van der Waals surface area contributed by atoms with Crippen molar-refractivity contribution in [2.45, 2.75) is 33.6 Å². The lowest BCUT2D eigenvalue weighted by molar-refractivity contribution is -0.119. The summed E-state index contributed by atoms with van der Waals surface area (Å²) < 4.78 is 0. The van der Waals surface area contributed by atoms with Crippen LogP contribution < -0.4 is 10.6 Å². The third-order valence-electron chi connectivity index (χ3n) is 3.13. The van der Waals surface area contributed by atoms with Crippen LogP contribution in [0.25, 0.3) is 0 Å². The van der Waals surface area contributed by atoms with Gasteiger partial charge in [0.2, 0.25) is 5.91 Å². The summed E-state index contributed by atoms with van der Waals surface area (Å²) in [6, 6.07) is 6.15. The lowest BCUT2D eigenvalue weighted by atomic mass is 9.97. The Hall–Kier alpha value is -1.06. The van der Waals surface area contributed by atoms with E-state index in [1.54, 1.807) is 0 Å². The van der Waals surface area contributed by atoms with E-state index in [4.69, 9.17) is 0 Å². The number of carbonyl (C=O) groups is 1. The highest BCUT2D eigenvalue weighted by Crippen LogP contribution is 2.27. The molecular formula is C15H25ClN2O. The van der Waals surface area contributed by atoms with Gasteiger partial charge in [0.05, 0.1) is 0 Å². The van der Waals surface area contributed by atoms with Gasteiger partial charge in [-0.2, -0.15) is 0 Å². The van der Waals surface area contributed by atoms with Crippen LogP contribution in [0.5, 0.6) is 0 Å². The molecule has 1 atom stereocenters. The molecule has 2 N–H and O–H groups in total. The van der Waals surface area contributed by atoms with Crippen molar-refractivity contribution in [1.29, 1.82) is 0 Å². The first-order valence-electron chi connectivity index (χ1n) is 6.52. The maximum Gasteiger partial charge on any atom is 0.228 e. The molecule has 1 aromatic carbocycles. The summed E-state index contributed by atoms with van der Waals surface area (Å²) in [6.07, 6.45) is 0. The van der Waals surface area contributed by atoms with Crippen LogP contribution in [-0.4, -0.2) is 19.5 Å². The molecular weight excluding hydrogens is 260 g/mol. The average Bonchev–Trinajstić information content (AvgIpc) is 2.31. The highest BCUT2D eigenvalue weighted by Gasteiger charge is 2.16. The number of benzene rings is 1. The predicted molar refractivity (Wildman–Crippen MR) is 84.2 cm³/mol. The maximum absolute atomic E-state index is 12.1. The number of amides is 1. The molecule has 1 amide bonds. The second kappa shape index (κ2) is 8.18. The molecule has 4 heteroatoms. The molecule has 0 aromatic heterocycles. The highest BCUT2D eigenvalue weighted by molar-refractivity contribution is 5.94. The Morgan fingerprint density at radius 1 is 1.26 bits per heavy atom. The van der Waals surface area contributed by atoms with Crippen LogP contribution in [0.1, 0.15) is 37.8 Å². The third kappa shape index (κ3) is 4.84. The van der Waals surface area contributed by atoms with E-state index in [0.29, 0.717) is 12.5 Å². The second-order valence-corrected chi connectivity index (χ2v) is 5.14. The van der Waals surface area contributed by atoms with Gasteiger partial charge in [0.15, 0.2) is 0 Å². The first-order chi connectivity index (χ1) is 8.47. The van der Waals surface area contributed by atoms with Crippen molar-refractivity contribution >= 4 is 24.0 Å². The molecule has 0 heterocycles. The summed E-state index contributed by atoms with van der Waals surface area (Å²) in [6.45, 7) is 8.93. The molecule has 19 heavy (non-hydrogen) atoms. The van der Waals surface area contributed by atoms with E-state index in [0.717, 1.165) is 11.3 Å². The molecule has 0 aliphatic rings. The number of nitrogens with one attached hydrogen (secondary N) is 2. The van der Waals surface area contributed by atoms with Crippen LogP contribution >= 0.6 is 12.4 Å². The van der Waals surface area contributed by atoms with Crippen molar-refractivity contribution in [1.82, 2.24) is 5.32 Å². The molecule has 0 saturated carbocycles. The molecule has 0 fully saturated rings. The van der Waals surface area contributed by atoms with Gasteiger partial charge >= 0.3 is 0 Å². The summed E-state index contributed by atoms with van der Waals surface area (Å²) in [5.74, 6) is 0.440. The van der Waals surface area contributed by atoms with Gasteiger partial charge in [-0.1, -0.05) is 39.0 Å². The normalized spacial score (nSPS) is 11.9. The van der Waals surface area contributed by atoms with E-state index in [2.05, 4.69) is 30.5 Å². The molecule has 0 bridgehead atoms. The molecule has 0 aliphatic carbocycles. The number of anilines is 1. The van der Waals surface area contributed by atoms with Crippen LogP contribution in [0.3, 0.4) is 0 Å².